The highest BCUT2D eigenvalue weighted by atomic mass is 35.5. The van der Waals surface area contributed by atoms with Gasteiger partial charge in [-0.2, -0.15) is 11.3 Å². The van der Waals surface area contributed by atoms with Crippen molar-refractivity contribution in [1.29, 1.82) is 0 Å². The van der Waals surface area contributed by atoms with E-state index in [0.29, 0.717) is 11.6 Å². The van der Waals surface area contributed by atoms with Crippen molar-refractivity contribution < 1.29 is 4.79 Å². The van der Waals surface area contributed by atoms with Crippen LogP contribution in [-0.4, -0.2) is 28.1 Å². The van der Waals surface area contributed by atoms with Crippen molar-refractivity contribution in [3.63, 3.8) is 0 Å². The molecule has 0 spiro atoms. The lowest BCUT2D eigenvalue weighted by Gasteiger charge is -2.13. The fourth-order valence-electron chi connectivity index (χ4n) is 1.18. The number of halogens is 1. The van der Waals surface area contributed by atoms with Gasteiger partial charge in [0, 0.05) is 13.6 Å². The van der Waals surface area contributed by atoms with Gasteiger partial charge in [0.05, 0.1) is 0 Å². The number of amides is 1. The first-order valence-corrected chi connectivity index (χ1v) is 6.56. The minimum atomic E-state index is -0.157. The summed E-state index contributed by atoms with van der Waals surface area (Å²) >= 11 is 8.33. The summed E-state index contributed by atoms with van der Waals surface area (Å²) in [5, 5.41) is 11.6. The zero-order chi connectivity index (χ0) is 11.5. The van der Waals surface area contributed by atoms with E-state index in [-0.39, 0.29) is 10.4 Å². The van der Waals surface area contributed by atoms with Gasteiger partial charge in [-0.3, -0.25) is 4.79 Å². The molecule has 0 atom stereocenters. The lowest BCUT2D eigenvalue weighted by atomic mass is 10.3. The smallest absolute Gasteiger partial charge is 0.284 e. The van der Waals surface area contributed by atoms with Crippen LogP contribution < -0.4 is 0 Å². The molecule has 0 aliphatic rings. The topological polar surface area (TPSA) is 46.1 Å². The molecular weight excluding hydrogens is 266 g/mol. The SMILES string of the molecule is CN(Cc1ccsc1)C(=O)c1nnc(Cl)s1. The van der Waals surface area contributed by atoms with Crippen molar-refractivity contribution in [2.75, 3.05) is 7.05 Å². The third-order valence-electron chi connectivity index (χ3n) is 1.93. The molecule has 0 radical (unpaired) electrons. The van der Waals surface area contributed by atoms with E-state index in [4.69, 9.17) is 11.6 Å². The second-order valence-corrected chi connectivity index (χ2v) is 5.49. The van der Waals surface area contributed by atoms with Gasteiger partial charge in [-0.25, -0.2) is 0 Å². The van der Waals surface area contributed by atoms with Crippen LogP contribution in [0, 0.1) is 0 Å². The minimum absolute atomic E-state index is 0.157. The molecule has 0 saturated carbocycles. The van der Waals surface area contributed by atoms with E-state index >= 15 is 0 Å². The van der Waals surface area contributed by atoms with Crippen molar-refractivity contribution in [3.8, 4) is 0 Å². The Hall–Kier alpha value is -0.980. The minimum Gasteiger partial charge on any atom is -0.335 e. The van der Waals surface area contributed by atoms with Crippen LogP contribution in [0.2, 0.25) is 4.47 Å². The quantitative estimate of drug-likeness (QED) is 0.863. The maximum absolute atomic E-state index is 11.9. The molecule has 2 heterocycles. The van der Waals surface area contributed by atoms with Crippen LogP contribution in [0.25, 0.3) is 0 Å². The first-order chi connectivity index (χ1) is 7.66. The van der Waals surface area contributed by atoms with Crippen LogP contribution in [0.5, 0.6) is 0 Å². The third-order valence-corrected chi connectivity index (χ3v) is 3.67. The van der Waals surface area contributed by atoms with Crippen molar-refractivity contribution in [3.05, 3.63) is 31.9 Å². The van der Waals surface area contributed by atoms with Gasteiger partial charge in [0.15, 0.2) is 0 Å². The van der Waals surface area contributed by atoms with E-state index in [0.717, 1.165) is 16.9 Å². The van der Waals surface area contributed by atoms with Gasteiger partial charge in [-0.1, -0.05) is 11.3 Å². The van der Waals surface area contributed by atoms with Gasteiger partial charge in [0.25, 0.3) is 5.91 Å². The summed E-state index contributed by atoms with van der Waals surface area (Å²) in [7, 11) is 1.73. The molecule has 0 aromatic carbocycles. The van der Waals surface area contributed by atoms with E-state index in [1.165, 1.54) is 0 Å². The summed E-state index contributed by atoms with van der Waals surface area (Å²) in [6, 6.07) is 1.99. The molecule has 0 bridgehead atoms. The van der Waals surface area contributed by atoms with Crippen LogP contribution in [-0.2, 0) is 6.54 Å². The molecule has 1 amide bonds. The van der Waals surface area contributed by atoms with Gasteiger partial charge in [-0.05, 0) is 34.0 Å². The average Bonchev–Trinajstić information content (AvgIpc) is 2.88. The Morgan fingerprint density at radius 3 is 2.94 bits per heavy atom. The first kappa shape index (κ1) is 11.5. The highest BCUT2D eigenvalue weighted by Gasteiger charge is 2.16. The summed E-state index contributed by atoms with van der Waals surface area (Å²) in [5.41, 5.74) is 1.11. The first-order valence-electron chi connectivity index (χ1n) is 4.42. The predicted molar refractivity (Wildman–Crippen MR) is 65.0 cm³/mol. The lowest BCUT2D eigenvalue weighted by molar-refractivity contribution is 0.0784. The molecule has 0 unspecified atom stereocenters. The Morgan fingerprint density at radius 2 is 2.38 bits per heavy atom. The molecule has 84 valence electrons. The number of nitrogens with zero attached hydrogens (tertiary/aromatic N) is 3. The second-order valence-electron chi connectivity index (χ2n) is 3.15. The van der Waals surface area contributed by atoms with Crippen LogP contribution in [0.15, 0.2) is 16.8 Å². The molecule has 0 N–H and O–H groups in total. The number of carbonyl (C=O) groups excluding carboxylic acids is 1. The van der Waals surface area contributed by atoms with Crippen LogP contribution in [0.3, 0.4) is 0 Å². The van der Waals surface area contributed by atoms with E-state index in [1.807, 2.05) is 16.8 Å². The number of thiophene rings is 1. The number of rotatable bonds is 3. The van der Waals surface area contributed by atoms with Crippen LogP contribution >= 0.6 is 34.3 Å². The second kappa shape index (κ2) is 4.90. The van der Waals surface area contributed by atoms with E-state index in [2.05, 4.69) is 10.2 Å². The molecule has 2 aromatic rings. The Balaban J connectivity index is 2.05. The fraction of sp³-hybridized carbons (Fsp3) is 0.222. The number of hydrogen-bond donors (Lipinski definition) is 0. The van der Waals surface area contributed by atoms with Gasteiger partial charge < -0.3 is 4.90 Å². The lowest BCUT2D eigenvalue weighted by Crippen LogP contribution is -2.25. The molecule has 7 heteroatoms. The molecule has 0 aliphatic carbocycles. The molecule has 4 nitrogen and oxygen atoms in total. The van der Waals surface area contributed by atoms with Crippen molar-refractivity contribution in [2.45, 2.75) is 6.54 Å². The predicted octanol–water partition coefficient (Wildman–Crippen LogP) is 2.53. The fourth-order valence-corrected chi connectivity index (χ4v) is 2.67. The van der Waals surface area contributed by atoms with Crippen molar-refractivity contribution >= 4 is 40.2 Å². The van der Waals surface area contributed by atoms with Crippen LogP contribution in [0.4, 0.5) is 0 Å². The molecule has 0 saturated heterocycles. The summed E-state index contributed by atoms with van der Waals surface area (Å²) in [6.45, 7) is 0.569. The van der Waals surface area contributed by atoms with Gasteiger partial charge in [-0.15, -0.1) is 10.2 Å². The Labute approximate surface area is 105 Å². The van der Waals surface area contributed by atoms with E-state index < -0.39 is 0 Å². The standard InChI is InChI=1S/C9H8ClN3OS2/c1-13(4-6-2-3-15-5-6)8(14)7-11-12-9(10)16-7/h2-3,5H,4H2,1H3. The number of hydrogen-bond acceptors (Lipinski definition) is 5. The molecule has 2 aromatic heterocycles. The van der Waals surface area contributed by atoms with E-state index in [1.54, 1.807) is 23.3 Å². The highest BCUT2D eigenvalue weighted by Crippen LogP contribution is 2.17. The maximum Gasteiger partial charge on any atom is 0.284 e. The Morgan fingerprint density at radius 1 is 1.56 bits per heavy atom. The normalized spacial score (nSPS) is 10.4. The Kier molecular flexibility index (Phi) is 3.52. The summed E-state index contributed by atoms with van der Waals surface area (Å²) in [6.07, 6.45) is 0. The average molecular weight is 274 g/mol. The monoisotopic (exact) mass is 273 g/mol. The molecule has 0 aliphatic heterocycles. The molecular formula is C9H8ClN3OS2. The molecule has 0 fully saturated rings. The van der Waals surface area contributed by atoms with Crippen molar-refractivity contribution in [2.24, 2.45) is 0 Å². The van der Waals surface area contributed by atoms with Gasteiger partial charge in [0.2, 0.25) is 9.47 Å². The zero-order valence-electron chi connectivity index (χ0n) is 8.38. The van der Waals surface area contributed by atoms with E-state index in [9.17, 15) is 4.79 Å². The molecule has 16 heavy (non-hydrogen) atoms. The van der Waals surface area contributed by atoms with Gasteiger partial charge >= 0.3 is 0 Å². The largest absolute Gasteiger partial charge is 0.335 e. The number of aromatic nitrogens is 2. The summed E-state index contributed by atoms with van der Waals surface area (Å²) in [4.78, 5) is 13.5. The third kappa shape index (κ3) is 2.58. The van der Waals surface area contributed by atoms with Gasteiger partial charge in [0.1, 0.15) is 0 Å². The van der Waals surface area contributed by atoms with Crippen molar-refractivity contribution in [1.82, 2.24) is 15.1 Å². The number of carbonyl (C=O) groups is 1. The Bertz CT molecular complexity index is 483. The summed E-state index contributed by atoms with van der Waals surface area (Å²) < 4.78 is 0.285. The zero-order valence-corrected chi connectivity index (χ0v) is 10.8. The maximum atomic E-state index is 11.9. The summed E-state index contributed by atoms with van der Waals surface area (Å²) in [5.74, 6) is -0.157. The molecule has 2 rings (SSSR count). The van der Waals surface area contributed by atoms with Crippen LogP contribution in [0.1, 0.15) is 15.4 Å². The highest BCUT2D eigenvalue weighted by molar-refractivity contribution is 7.17.